The van der Waals surface area contributed by atoms with Gasteiger partial charge in [0.2, 0.25) is 0 Å². The van der Waals surface area contributed by atoms with Crippen molar-refractivity contribution in [2.75, 3.05) is 0 Å². The molecule has 0 amide bonds. The third-order valence-electron chi connectivity index (χ3n) is 2.10. The summed E-state index contributed by atoms with van der Waals surface area (Å²) in [5, 5.41) is 10.2. The average molecular weight is 374 g/mol. The van der Waals surface area contributed by atoms with Gasteiger partial charge in [0.15, 0.2) is 0 Å². The Balaban J connectivity index is 1.94. The Bertz CT molecular complexity index is 456. The molecule has 0 aliphatic heterocycles. The van der Waals surface area contributed by atoms with Crippen molar-refractivity contribution in [1.82, 2.24) is 0 Å². The molecule has 0 unspecified atom stereocenters. The third kappa shape index (κ3) is 4.08. The summed E-state index contributed by atoms with van der Waals surface area (Å²) in [7, 11) is -1.36. The largest absolute Gasteiger partial charge is 0.785 e. The van der Waals surface area contributed by atoms with Crippen molar-refractivity contribution in [3.8, 4) is 11.5 Å². The van der Waals surface area contributed by atoms with Crippen LogP contribution in [0.4, 0.5) is 0 Å². The molecule has 1 N–H and O–H groups in total. The minimum atomic E-state index is -1.36. The van der Waals surface area contributed by atoms with Crippen LogP contribution >= 0.6 is 34.2 Å². The molecule has 0 aromatic heterocycles. The molecule has 92 valence electrons. The zero-order valence-corrected chi connectivity index (χ0v) is 12.1. The SMILES string of the molecule is OB(Oc1ccc(Cl)cc1)Oc1ccc(I)cc1. The van der Waals surface area contributed by atoms with Gasteiger partial charge in [0, 0.05) is 8.59 Å². The second-order valence-corrected chi connectivity index (χ2v) is 5.13. The quantitative estimate of drug-likeness (QED) is 0.659. The topological polar surface area (TPSA) is 38.7 Å². The molecule has 2 aromatic rings. The molecule has 0 saturated carbocycles. The third-order valence-corrected chi connectivity index (χ3v) is 3.07. The van der Waals surface area contributed by atoms with Crippen LogP contribution in [0.3, 0.4) is 0 Å². The highest BCUT2D eigenvalue weighted by atomic mass is 127. The van der Waals surface area contributed by atoms with Crippen molar-refractivity contribution >= 4 is 41.5 Å². The fourth-order valence-corrected chi connectivity index (χ4v) is 1.77. The van der Waals surface area contributed by atoms with E-state index < -0.39 is 7.32 Å². The summed E-state index contributed by atoms with van der Waals surface area (Å²) >= 11 is 7.93. The first kappa shape index (κ1) is 13.5. The van der Waals surface area contributed by atoms with Crippen LogP contribution in [-0.2, 0) is 0 Å². The second-order valence-electron chi connectivity index (χ2n) is 3.45. The first-order chi connectivity index (χ1) is 8.63. The van der Waals surface area contributed by atoms with E-state index in [-0.39, 0.29) is 0 Å². The van der Waals surface area contributed by atoms with Gasteiger partial charge in [0.1, 0.15) is 11.5 Å². The molecule has 0 aliphatic rings. The van der Waals surface area contributed by atoms with Crippen molar-refractivity contribution in [3.63, 3.8) is 0 Å². The van der Waals surface area contributed by atoms with Crippen molar-refractivity contribution < 1.29 is 14.3 Å². The molecule has 0 bridgehead atoms. The van der Waals surface area contributed by atoms with E-state index in [9.17, 15) is 5.02 Å². The first-order valence-corrected chi connectivity index (χ1v) is 6.62. The number of benzene rings is 2. The van der Waals surface area contributed by atoms with Gasteiger partial charge in [-0.15, -0.1) is 0 Å². The lowest BCUT2D eigenvalue weighted by molar-refractivity contribution is 0.298. The van der Waals surface area contributed by atoms with Crippen LogP contribution in [-0.4, -0.2) is 12.3 Å². The van der Waals surface area contributed by atoms with E-state index in [0.717, 1.165) is 3.57 Å². The first-order valence-electron chi connectivity index (χ1n) is 5.16. The van der Waals surface area contributed by atoms with Gasteiger partial charge in [-0.3, -0.25) is 0 Å². The van der Waals surface area contributed by atoms with Gasteiger partial charge in [-0.25, -0.2) is 0 Å². The van der Waals surface area contributed by atoms with E-state index in [4.69, 9.17) is 20.9 Å². The van der Waals surface area contributed by atoms with E-state index >= 15 is 0 Å². The monoisotopic (exact) mass is 374 g/mol. The highest BCUT2D eigenvalue weighted by Gasteiger charge is 2.20. The van der Waals surface area contributed by atoms with Crippen LogP contribution in [0.15, 0.2) is 48.5 Å². The maximum absolute atomic E-state index is 9.62. The predicted octanol–water partition coefficient (Wildman–Crippen LogP) is 3.38. The van der Waals surface area contributed by atoms with E-state index in [0.29, 0.717) is 16.5 Å². The number of halogens is 2. The summed E-state index contributed by atoms with van der Waals surface area (Å²) in [5.74, 6) is 1.02. The average Bonchev–Trinajstić information content (AvgIpc) is 2.35. The molecule has 2 rings (SSSR count). The van der Waals surface area contributed by atoms with Gasteiger partial charge in [-0.1, -0.05) is 11.6 Å². The van der Waals surface area contributed by atoms with Gasteiger partial charge in [0.05, 0.1) is 0 Å². The molecule has 3 nitrogen and oxygen atoms in total. The molecule has 0 atom stereocenters. The summed E-state index contributed by atoms with van der Waals surface area (Å²) in [4.78, 5) is 0. The van der Waals surface area contributed by atoms with E-state index in [2.05, 4.69) is 22.6 Å². The van der Waals surface area contributed by atoms with Crippen molar-refractivity contribution in [2.45, 2.75) is 0 Å². The number of rotatable bonds is 4. The van der Waals surface area contributed by atoms with Crippen molar-refractivity contribution in [2.24, 2.45) is 0 Å². The van der Waals surface area contributed by atoms with Gasteiger partial charge in [0.25, 0.3) is 0 Å². The zero-order chi connectivity index (χ0) is 13.0. The highest BCUT2D eigenvalue weighted by molar-refractivity contribution is 14.1. The summed E-state index contributed by atoms with van der Waals surface area (Å²) in [6.45, 7) is 0. The lowest BCUT2D eigenvalue weighted by Crippen LogP contribution is -2.29. The molecule has 0 spiro atoms. The maximum atomic E-state index is 9.62. The van der Waals surface area contributed by atoms with Crippen LogP contribution in [0.1, 0.15) is 0 Å². The summed E-state index contributed by atoms with van der Waals surface area (Å²) in [6, 6.07) is 13.9. The van der Waals surface area contributed by atoms with Gasteiger partial charge < -0.3 is 14.3 Å². The summed E-state index contributed by atoms with van der Waals surface area (Å²) < 4.78 is 11.5. The molecular formula is C12H9BClIO3. The van der Waals surface area contributed by atoms with Crippen LogP contribution < -0.4 is 9.31 Å². The molecule has 0 aliphatic carbocycles. The molecule has 18 heavy (non-hydrogen) atoms. The van der Waals surface area contributed by atoms with Crippen LogP contribution in [0, 0.1) is 3.57 Å². The Morgan fingerprint density at radius 1 is 0.889 bits per heavy atom. The Morgan fingerprint density at radius 2 is 1.33 bits per heavy atom. The van der Waals surface area contributed by atoms with Crippen molar-refractivity contribution in [1.29, 1.82) is 0 Å². The molecule has 6 heteroatoms. The van der Waals surface area contributed by atoms with Crippen LogP contribution in [0.25, 0.3) is 0 Å². The standard InChI is InChI=1S/C12H9BClIO3/c14-9-1-5-11(6-2-9)17-13(16)18-12-7-3-10(15)4-8-12/h1-8,16H. The summed E-state index contributed by atoms with van der Waals surface area (Å²) in [5.41, 5.74) is 0. The minimum Gasteiger partial charge on any atom is -0.501 e. The molecular weight excluding hydrogens is 365 g/mol. The Morgan fingerprint density at radius 3 is 1.83 bits per heavy atom. The van der Waals surface area contributed by atoms with E-state index in [1.807, 2.05) is 12.1 Å². The molecule has 0 heterocycles. The minimum absolute atomic E-state index is 0.484. The molecule has 2 aromatic carbocycles. The maximum Gasteiger partial charge on any atom is 0.785 e. The van der Waals surface area contributed by atoms with Crippen LogP contribution in [0.5, 0.6) is 11.5 Å². The van der Waals surface area contributed by atoms with Crippen LogP contribution in [0.2, 0.25) is 5.02 Å². The number of hydrogen-bond donors (Lipinski definition) is 1. The Labute approximate surface area is 124 Å². The fourth-order valence-electron chi connectivity index (χ4n) is 1.28. The highest BCUT2D eigenvalue weighted by Crippen LogP contribution is 2.18. The molecule has 0 fully saturated rings. The molecule has 0 saturated heterocycles. The Hall–Kier alpha value is -0.915. The predicted molar refractivity (Wildman–Crippen MR) is 79.8 cm³/mol. The lowest BCUT2D eigenvalue weighted by Gasteiger charge is -2.10. The van der Waals surface area contributed by atoms with Gasteiger partial charge in [-0.2, -0.15) is 0 Å². The van der Waals surface area contributed by atoms with E-state index in [1.54, 1.807) is 36.4 Å². The van der Waals surface area contributed by atoms with Crippen molar-refractivity contribution in [3.05, 3.63) is 57.1 Å². The van der Waals surface area contributed by atoms with Gasteiger partial charge >= 0.3 is 7.32 Å². The number of hydrogen-bond acceptors (Lipinski definition) is 3. The molecule has 0 radical (unpaired) electrons. The zero-order valence-electron chi connectivity index (χ0n) is 9.22. The summed E-state index contributed by atoms with van der Waals surface area (Å²) in [6.07, 6.45) is 0. The smallest absolute Gasteiger partial charge is 0.501 e. The normalized spacial score (nSPS) is 9.94. The fraction of sp³-hybridized carbons (Fsp3) is 0. The Kier molecular flexibility index (Phi) is 4.74. The van der Waals surface area contributed by atoms with Gasteiger partial charge in [-0.05, 0) is 71.1 Å². The second kappa shape index (κ2) is 6.31. The van der Waals surface area contributed by atoms with E-state index in [1.165, 1.54) is 0 Å². The lowest BCUT2D eigenvalue weighted by atomic mass is 10.2.